The molecule has 35 heavy (non-hydrogen) atoms. The molecule has 5 aromatic rings. The van der Waals surface area contributed by atoms with Gasteiger partial charge in [0.25, 0.3) is 0 Å². The molecule has 176 valence electrons. The van der Waals surface area contributed by atoms with E-state index in [1.165, 1.54) is 34.4 Å². The van der Waals surface area contributed by atoms with Crippen LogP contribution in [0.1, 0.15) is 12.5 Å². The molecule has 5 rings (SSSR count). The minimum Gasteiger partial charge on any atom is -0.311 e. The summed E-state index contributed by atoms with van der Waals surface area (Å²) in [4.78, 5) is 33.1. The molecule has 0 aliphatic carbocycles. The zero-order valence-electron chi connectivity index (χ0n) is 18.6. The van der Waals surface area contributed by atoms with Crippen LogP contribution in [0.2, 0.25) is 0 Å². The van der Waals surface area contributed by atoms with Crippen molar-refractivity contribution in [2.24, 2.45) is 7.05 Å². The lowest BCUT2D eigenvalue weighted by atomic mass is 10.0. The number of alkyl halides is 3. The molecule has 0 fully saturated rings. The lowest BCUT2D eigenvalue weighted by molar-refractivity contribution is -0.137. The van der Waals surface area contributed by atoms with Crippen molar-refractivity contribution in [3.8, 4) is 16.8 Å². The van der Waals surface area contributed by atoms with Crippen molar-refractivity contribution in [1.82, 2.24) is 19.1 Å². The number of nitrogens with zero attached hydrogens (tertiary/aromatic N) is 4. The van der Waals surface area contributed by atoms with E-state index in [-0.39, 0.29) is 11.6 Å². The Labute approximate surface area is 196 Å². The lowest BCUT2D eigenvalue weighted by Gasteiger charge is -2.11. The van der Waals surface area contributed by atoms with E-state index in [1.54, 1.807) is 31.4 Å². The fourth-order valence-electron chi connectivity index (χ4n) is 4.06. The first-order chi connectivity index (χ1) is 16.6. The predicted molar refractivity (Wildman–Crippen MR) is 126 cm³/mol. The molecular weight excluding hydrogens is 459 g/mol. The molecule has 0 bridgehead atoms. The number of amides is 1. The fourth-order valence-corrected chi connectivity index (χ4v) is 4.06. The number of benzene rings is 2. The van der Waals surface area contributed by atoms with Gasteiger partial charge in [-0.05, 0) is 48.0 Å². The third-order valence-electron chi connectivity index (χ3n) is 5.72. The van der Waals surface area contributed by atoms with E-state index in [0.717, 1.165) is 23.3 Å². The standard InChI is InChI=1S/C25H18F3N5O2/c1-14(34)31-22-9-7-16(12-30-22)15-6-8-20-19(10-15)23-21(13-29-20)32(2)24(35)33(23)18-5-3-4-17(11-18)25(26,27)28/h3-13H,1-2H3,(H,30,31,34). The largest absolute Gasteiger partial charge is 0.416 e. The van der Waals surface area contributed by atoms with Crippen LogP contribution in [0.25, 0.3) is 38.8 Å². The summed E-state index contributed by atoms with van der Waals surface area (Å²) < 4.78 is 42.7. The third kappa shape index (κ3) is 3.92. The molecular formula is C25H18F3N5O2. The molecule has 10 heteroatoms. The second kappa shape index (κ2) is 8.08. The van der Waals surface area contributed by atoms with Crippen LogP contribution in [-0.2, 0) is 18.0 Å². The number of hydrogen-bond donors (Lipinski definition) is 1. The third-order valence-corrected chi connectivity index (χ3v) is 5.72. The van der Waals surface area contributed by atoms with Crippen LogP contribution in [0.15, 0.2) is 71.8 Å². The van der Waals surface area contributed by atoms with Crippen LogP contribution < -0.4 is 11.0 Å². The number of carbonyl (C=O) groups is 1. The zero-order chi connectivity index (χ0) is 24.9. The van der Waals surface area contributed by atoms with Gasteiger partial charge < -0.3 is 5.32 Å². The molecule has 2 aromatic carbocycles. The van der Waals surface area contributed by atoms with Gasteiger partial charge in [-0.25, -0.2) is 9.78 Å². The minimum absolute atomic E-state index is 0.106. The number of rotatable bonds is 3. The van der Waals surface area contributed by atoms with Gasteiger partial charge in [-0.3, -0.25) is 18.9 Å². The molecule has 0 aliphatic rings. The second-order valence-corrected chi connectivity index (χ2v) is 8.06. The van der Waals surface area contributed by atoms with Crippen LogP contribution in [0, 0.1) is 0 Å². The SMILES string of the molecule is CC(=O)Nc1ccc(-c2ccc3ncc4c(c3c2)n(-c2cccc(C(F)(F)F)c2)c(=O)n4C)cn1. The first kappa shape index (κ1) is 22.3. The number of aromatic nitrogens is 4. The summed E-state index contributed by atoms with van der Waals surface area (Å²) >= 11 is 0. The van der Waals surface area contributed by atoms with Gasteiger partial charge in [-0.2, -0.15) is 13.2 Å². The number of carbonyl (C=O) groups excluding carboxylic acids is 1. The van der Waals surface area contributed by atoms with Gasteiger partial charge in [0.05, 0.1) is 34.0 Å². The molecule has 7 nitrogen and oxygen atoms in total. The Morgan fingerprint density at radius 3 is 2.43 bits per heavy atom. The van der Waals surface area contributed by atoms with Crippen LogP contribution in [0.4, 0.5) is 19.0 Å². The van der Waals surface area contributed by atoms with E-state index in [1.807, 2.05) is 12.1 Å². The molecule has 0 saturated heterocycles. The number of imidazole rings is 1. The summed E-state index contributed by atoms with van der Waals surface area (Å²) in [6, 6.07) is 13.6. The highest BCUT2D eigenvalue weighted by Gasteiger charge is 2.31. The molecule has 0 spiro atoms. The van der Waals surface area contributed by atoms with Crippen molar-refractivity contribution in [2.75, 3.05) is 5.32 Å². The van der Waals surface area contributed by atoms with Gasteiger partial charge in [0.1, 0.15) is 5.82 Å². The fraction of sp³-hybridized carbons (Fsp3) is 0.120. The van der Waals surface area contributed by atoms with Gasteiger partial charge in [0.15, 0.2) is 0 Å². The van der Waals surface area contributed by atoms with E-state index in [9.17, 15) is 22.8 Å². The highest BCUT2D eigenvalue weighted by Crippen LogP contribution is 2.33. The second-order valence-electron chi connectivity index (χ2n) is 8.06. The summed E-state index contributed by atoms with van der Waals surface area (Å²) in [6.07, 6.45) is -1.41. The van der Waals surface area contributed by atoms with Gasteiger partial charge in [-0.1, -0.05) is 12.1 Å². The first-order valence-electron chi connectivity index (χ1n) is 10.6. The Balaban J connectivity index is 1.74. The van der Waals surface area contributed by atoms with Crippen LogP contribution in [0.3, 0.4) is 0 Å². The highest BCUT2D eigenvalue weighted by molar-refractivity contribution is 6.04. The van der Waals surface area contributed by atoms with Crippen molar-refractivity contribution >= 4 is 33.7 Å². The topological polar surface area (TPSA) is 81.8 Å². The lowest BCUT2D eigenvalue weighted by Crippen LogP contribution is -2.21. The Morgan fingerprint density at radius 2 is 1.74 bits per heavy atom. The highest BCUT2D eigenvalue weighted by atomic mass is 19.4. The van der Waals surface area contributed by atoms with Crippen molar-refractivity contribution in [3.05, 3.63) is 83.0 Å². The summed E-state index contributed by atoms with van der Waals surface area (Å²) in [6.45, 7) is 1.39. The van der Waals surface area contributed by atoms with Crippen molar-refractivity contribution in [2.45, 2.75) is 13.1 Å². The molecule has 0 radical (unpaired) electrons. The van der Waals surface area contributed by atoms with Crippen molar-refractivity contribution < 1.29 is 18.0 Å². The summed E-state index contributed by atoms with van der Waals surface area (Å²) in [5.74, 6) is 0.175. The Hall–Kier alpha value is -4.47. The summed E-state index contributed by atoms with van der Waals surface area (Å²) in [5.41, 5.74) is 1.80. The maximum atomic E-state index is 13.4. The van der Waals surface area contributed by atoms with E-state index >= 15 is 0 Å². The number of halogens is 3. The van der Waals surface area contributed by atoms with Gasteiger partial charge >= 0.3 is 11.9 Å². The minimum atomic E-state index is -4.54. The van der Waals surface area contributed by atoms with Crippen molar-refractivity contribution in [1.29, 1.82) is 0 Å². The maximum Gasteiger partial charge on any atom is 0.416 e. The van der Waals surface area contributed by atoms with E-state index < -0.39 is 17.4 Å². The van der Waals surface area contributed by atoms with E-state index in [2.05, 4.69) is 15.3 Å². The van der Waals surface area contributed by atoms with Crippen LogP contribution in [0.5, 0.6) is 0 Å². The van der Waals surface area contributed by atoms with Crippen LogP contribution >= 0.6 is 0 Å². The molecule has 1 amide bonds. The number of aryl methyl sites for hydroxylation is 1. The molecule has 0 atom stereocenters. The van der Waals surface area contributed by atoms with E-state index in [4.69, 9.17) is 0 Å². The quantitative estimate of drug-likeness (QED) is 0.400. The van der Waals surface area contributed by atoms with Crippen LogP contribution in [-0.4, -0.2) is 25.0 Å². The van der Waals surface area contributed by atoms with Gasteiger partial charge in [0.2, 0.25) is 5.91 Å². The number of pyridine rings is 2. The molecule has 3 aromatic heterocycles. The van der Waals surface area contributed by atoms with Crippen molar-refractivity contribution in [3.63, 3.8) is 0 Å². The monoisotopic (exact) mass is 477 g/mol. The van der Waals surface area contributed by atoms with E-state index in [0.29, 0.717) is 27.8 Å². The Kier molecular flexibility index (Phi) is 5.16. The zero-order valence-corrected chi connectivity index (χ0v) is 18.6. The maximum absolute atomic E-state index is 13.4. The number of anilines is 1. The normalized spacial score (nSPS) is 11.8. The molecule has 0 aliphatic heterocycles. The predicted octanol–water partition coefficient (Wildman–Crippen LogP) is 4.92. The smallest absolute Gasteiger partial charge is 0.311 e. The summed E-state index contributed by atoms with van der Waals surface area (Å²) in [5, 5.41) is 3.20. The Bertz CT molecular complexity index is 1670. The number of nitrogens with one attached hydrogen (secondary N) is 1. The first-order valence-corrected chi connectivity index (χ1v) is 10.6. The number of hydrogen-bond acceptors (Lipinski definition) is 4. The van der Waals surface area contributed by atoms with Gasteiger partial charge in [-0.15, -0.1) is 0 Å². The average Bonchev–Trinajstić information content (AvgIpc) is 3.09. The van der Waals surface area contributed by atoms with Gasteiger partial charge in [0, 0.05) is 31.1 Å². The Morgan fingerprint density at radius 1 is 0.971 bits per heavy atom. The number of fused-ring (bicyclic) bond motifs is 3. The molecule has 0 unspecified atom stereocenters. The molecule has 1 N–H and O–H groups in total. The average molecular weight is 477 g/mol. The summed E-state index contributed by atoms with van der Waals surface area (Å²) in [7, 11) is 1.55. The molecule has 3 heterocycles. The molecule has 0 saturated carbocycles.